The summed E-state index contributed by atoms with van der Waals surface area (Å²) in [7, 11) is 3.36. The third-order valence-electron chi connectivity index (χ3n) is 2.05. The Morgan fingerprint density at radius 3 is 2.71 bits per heavy atom. The molecule has 6 heteroatoms. The summed E-state index contributed by atoms with van der Waals surface area (Å²) in [6.07, 6.45) is 0. The Balaban J connectivity index is 2.47. The Bertz CT molecular complexity index is 351. The molecule has 0 aliphatic heterocycles. The summed E-state index contributed by atoms with van der Waals surface area (Å²) >= 11 is 0. The van der Waals surface area contributed by atoms with Crippen molar-refractivity contribution >= 4 is 11.7 Å². The van der Waals surface area contributed by atoms with E-state index in [4.69, 9.17) is 4.74 Å². The fourth-order valence-electron chi connectivity index (χ4n) is 1.17. The Kier molecular flexibility index (Phi) is 5.35. The average molecular weight is 238 g/mol. The van der Waals surface area contributed by atoms with Gasteiger partial charge in [-0.15, -0.1) is 10.2 Å². The molecule has 0 atom stereocenters. The van der Waals surface area contributed by atoms with Gasteiger partial charge in [0.1, 0.15) is 5.82 Å². The number of ether oxygens (including phenoxy) is 1. The minimum absolute atomic E-state index is 0.154. The number of anilines is 1. The van der Waals surface area contributed by atoms with Crippen LogP contribution in [0.15, 0.2) is 12.1 Å². The van der Waals surface area contributed by atoms with Gasteiger partial charge in [0.15, 0.2) is 5.69 Å². The van der Waals surface area contributed by atoms with Gasteiger partial charge in [0, 0.05) is 27.2 Å². The van der Waals surface area contributed by atoms with Crippen molar-refractivity contribution in [3.63, 3.8) is 0 Å². The van der Waals surface area contributed by atoms with E-state index in [1.54, 1.807) is 26.2 Å². The highest BCUT2D eigenvalue weighted by Crippen LogP contribution is 2.03. The normalized spacial score (nSPS) is 10.1. The highest BCUT2D eigenvalue weighted by molar-refractivity contribution is 5.91. The van der Waals surface area contributed by atoms with Crippen LogP contribution in [0.25, 0.3) is 0 Å². The number of hydrogen-bond donors (Lipinski definition) is 1. The molecule has 0 spiro atoms. The first-order valence-electron chi connectivity index (χ1n) is 5.52. The van der Waals surface area contributed by atoms with E-state index in [0.29, 0.717) is 31.3 Å². The molecule has 0 saturated heterocycles. The van der Waals surface area contributed by atoms with Crippen LogP contribution in [-0.4, -0.2) is 54.9 Å². The zero-order valence-corrected chi connectivity index (χ0v) is 10.4. The molecule has 17 heavy (non-hydrogen) atoms. The lowest BCUT2D eigenvalue weighted by atomic mass is 10.3. The summed E-state index contributed by atoms with van der Waals surface area (Å²) in [6, 6.07) is 3.38. The van der Waals surface area contributed by atoms with Crippen molar-refractivity contribution in [1.29, 1.82) is 0 Å². The Labute approximate surface area is 101 Å². The maximum Gasteiger partial charge on any atom is 0.273 e. The summed E-state index contributed by atoms with van der Waals surface area (Å²) in [5, 5.41) is 10.8. The molecule has 1 amide bonds. The molecule has 0 bridgehead atoms. The number of amides is 1. The van der Waals surface area contributed by atoms with Crippen LogP contribution >= 0.6 is 0 Å². The van der Waals surface area contributed by atoms with Gasteiger partial charge in [0.05, 0.1) is 6.61 Å². The Morgan fingerprint density at radius 2 is 2.18 bits per heavy atom. The minimum Gasteiger partial charge on any atom is -0.380 e. The van der Waals surface area contributed by atoms with Crippen molar-refractivity contribution in [2.75, 3.05) is 39.2 Å². The van der Waals surface area contributed by atoms with Gasteiger partial charge in [-0.2, -0.15) is 0 Å². The van der Waals surface area contributed by atoms with Crippen molar-refractivity contribution < 1.29 is 9.53 Å². The largest absolute Gasteiger partial charge is 0.380 e. The van der Waals surface area contributed by atoms with Crippen LogP contribution in [0.1, 0.15) is 17.4 Å². The molecule has 6 nitrogen and oxygen atoms in total. The van der Waals surface area contributed by atoms with Crippen LogP contribution in [0.2, 0.25) is 0 Å². The SMILES string of the molecule is CCOCCNc1ccc(C(=O)N(C)C)nn1. The number of carbonyl (C=O) groups is 1. The average Bonchev–Trinajstić information content (AvgIpc) is 2.34. The molecule has 0 aliphatic carbocycles. The van der Waals surface area contributed by atoms with Crippen LogP contribution in [0.5, 0.6) is 0 Å². The van der Waals surface area contributed by atoms with Crippen LogP contribution in [0.4, 0.5) is 5.82 Å². The van der Waals surface area contributed by atoms with E-state index in [-0.39, 0.29) is 5.91 Å². The van der Waals surface area contributed by atoms with E-state index in [1.807, 2.05) is 6.92 Å². The predicted octanol–water partition coefficient (Wildman–Crippen LogP) is 0.627. The number of rotatable bonds is 6. The van der Waals surface area contributed by atoms with Crippen molar-refractivity contribution in [1.82, 2.24) is 15.1 Å². The van der Waals surface area contributed by atoms with Gasteiger partial charge in [-0.05, 0) is 19.1 Å². The fraction of sp³-hybridized carbons (Fsp3) is 0.545. The quantitative estimate of drug-likeness (QED) is 0.736. The molecular weight excluding hydrogens is 220 g/mol. The molecule has 0 aliphatic rings. The molecule has 1 heterocycles. The number of nitrogens with zero attached hydrogens (tertiary/aromatic N) is 3. The highest BCUT2D eigenvalue weighted by atomic mass is 16.5. The number of carbonyl (C=O) groups excluding carboxylic acids is 1. The molecule has 94 valence electrons. The number of hydrogen-bond acceptors (Lipinski definition) is 5. The first-order chi connectivity index (χ1) is 8.15. The third-order valence-corrected chi connectivity index (χ3v) is 2.05. The summed E-state index contributed by atoms with van der Waals surface area (Å²) in [4.78, 5) is 13.0. The van der Waals surface area contributed by atoms with Crippen molar-refractivity contribution in [3.8, 4) is 0 Å². The molecule has 0 saturated carbocycles. The number of nitrogens with one attached hydrogen (secondary N) is 1. The summed E-state index contributed by atoms with van der Waals surface area (Å²) in [5.41, 5.74) is 0.338. The molecule has 1 rings (SSSR count). The standard InChI is InChI=1S/C11H18N4O2/c1-4-17-8-7-12-10-6-5-9(13-14-10)11(16)15(2)3/h5-6H,4,7-8H2,1-3H3,(H,12,14). The van der Waals surface area contributed by atoms with Gasteiger partial charge in [-0.3, -0.25) is 4.79 Å². The second-order valence-corrected chi connectivity index (χ2v) is 3.63. The molecule has 0 radical (unpaired) electrons. The molecule has 1 aromatic rings. The maximum absolute atomic E-state index is 11.5. The van der Waals surface area contributed by atoms with E-state index in [0.717, 1.165) is 0 Å². The minimum atomic E-state index is -0.154. The van der Waals surface area contributed by atoms with E-state index >= 15 is 0 Å². The predicted molar refractivity (Wildman–Crippen MR) is 65.0 cm³/mol. The maximum atomic E-state index is 11.5. The smallest absolute Gasteiger partial charge is 0.273 e. The zero-order valence-electron chi connectivity index (χ0n) is 10.4. The van der Waals surface area contributed by atoms with Crippen LogP contribution in [0, 0.1) is 0 Å². The zero-order chi connectivity index (χ0) is 12.7. The van der Waals surface area contributed by atoms with Gasteiger partial charge in [-0.25, -0.2) is 0 Å². The summed E-state index contributed by atoms with van der Waals surface area (Å²) in [6.45, 7) is 3.94. The van der Waals surface area contributed by atoms with E-state index in [1.165, 1.54) is 4.90 Å². The van der Waals surface area contributed by atoms with Gasteiger partial charge in [-0.1, -0.05) is 0 Å². The first kappa shape index (κ1) is 13.4. The van der Waals surface area contributed by atoms with Crippen molar-refractivity contribution in [2.45, 2.75) is 6.92 Å². The van der Waals surface area contributed by atoms with E-state index in [2.05, 4.69) is 15.5 Å². The van der Waals surface area contributed by atoms with E-state index in [9.17, 15) is 4.79 Å². The molecule has 0 unspecified atom stereocenters. The van der Waals surface area contributed by atoms with Crippen LogP contribution in [0.3, 0.4) is 0 Å². The summed E-state index contributed by atoms with van der Waals surface area (Å²) in [5.74, 6) is 0.485. The lowest BCUT2D eigenvalue weighted by molar-refractivity contribution is 0.0821. The third kappa shape index (κ3) is 4.36. The lowest BCUT2D eigenvalue weighted by Crippen LogP contribution is -2.23. The van der Waals surface area contributed by atoms with Crippen LogP contribution in [-0.2, 0) is 4.74 Å². The molecule has 1 N–H and O–H groups in total. The topological polar surface area (TPSA) is 67.3 Å². The van der Waals surface area contributed by atoms with Crippen molar-refractivity contribution in [2.24, 2.45) is 0 Å². The molecule has 0 aromatic carbocycles. The van der Waals surface area contributed by atoms with Gasteiger partial charge in [0.2, 0.25) is 0 Å². The number of aromatic nitrogens is 2. The molecule has 1 aromatic heterocycles. The monoisotopic (exact) mass is 238 g/mol. The van der Waals surface area contributed by atoms with Crippen molar-refractivity contribution in [3.05, 3.63) is 17.8 Å². The highest BCUT2D eigenvalue weighted by Gasteiger charge is 2.09. The summed E-state index contributed by atoms with van der Waals surface area (Å²) < 4.78 is 5.18. The Morgan fingerprint density at radius 1 is 1.41 bits per heavy atom. The first-order valence-corrected chi connectivity index (χ1v) is 5.52. The molecule has 0 fully saturated rings. The van der Waals surface area contributed by atoms with Gasteiger partial charge >= 0.3 is 0 Å². The van der Waals surface area contributed by atoms with E-state index < -0.39 is 0 Å². The van der Waals surface area contributed by atoms with Crippen LogP contribution < -0.4 is 5.32 Å². The van der Waals surface area contributed by atoms with Gasteiger partial charge in [0.25, 0.3) is 5.91 Å². The second kappa shape index (κ2) is 6.80. The Hall–Kier alpha value is -1.69. The fourth-order valence-corrected chi connectivity index (χ4v) is 1.17. The lowest BCUT2D eigenvalue weighted by Gasteiger charge is -2.09. The van der Waals surface area contributed by atoms with Gasteiger partial charge < -0.3 is 15.0 Å². The molecular formula is C11H18N4O2. The second-order valence-electron chi connectivity index (χ2n) is 3.63.